The van der Waals surface area contributed by atoms with Gasteiger partial charge in [-0.05, 0) is 0 Å². The van der Waals surface area contributed by atoms with E-state index in [4.69, 9.17) is 0 Å². The van der Waals surface area contributed by atoms with E-state index in [2.05, 4.69) is 67.6 Å². The Morgan fingerprint density at radius 1 is 0.875 bits per heavy atom. The fourth-order valence-electron chi connectivity index (χ4n) is 1.62. The molecule has 0 radical (unpaired) electrons. The second-order valence-electron chi connectivity index (χ2n) is 3.85. The van der Waals surface area contributed by atoms with E-state index < -0.39 is 0 Å². The van der Waals surface area contributed by atoms with Crippen molar-refractivity contribution < 1.29 is 0 Å². The van der Waals surface area contributed by atoms with Crippen LogP contribution in [0.5, 0.6) is 0 Å². The fourth-order valence-corrected chi connectivity index (χ4v) is 3.68. The summed E-state index contributed by atoms with van der Waals surface area (Å²) in [6.45, 7) is 2.33. The molecule has 0 amide bonds. The average molecular weight is 275 g/mol. The number of hydrogen-bond acceptors (Lipinski definition) is 0. The summed E-state index contributed by atoms with van der Waals surface area (Å²) in [5.41, 5.74) is 2.93. The van der Waals surface area contributed by atoms with Gasteiger partial charge in [0.15, 0.2) is 0 Å². The summed E-state index contributed by atoms with van der Waals surface area (Å²) in [6, 6.07) is 21.6. The van der Waals surface area contributed by atoms with Gasteiger partial charge in [0.25, 0.3) is 0 Å². The molecule has 0 bridgehead atoms. The van der Waals surface area contributed by atoms with Crippen molar-refractivity contribution in [2.75, 3.05) is 0 Å². The van der Waals surface area contributed by atoms with Gasteiger partial charge in [-0.15, -0.1) is 0 Å². The molecule has 0 unspecified atom stereocenters. The zero-order valence-electron chi connectivity index (χ0n) is 9.47. The van der Waals surface area contributed by atoms with Gasteiger partial charge in [0, 0.05) is 0 Å². The molecule has 0 heterocycles. The van der Waals surface area contributed by atoms with Crippen LogP contribution in [0.1, 0.15) is 22.9 Å². The standard InChI is InChI=1S/C15H16Se/c1-13(15-10-6-3-7-11-15)16-12-14-8-4-2-5-9-14/h2-11,13H,12H2,1H3/t13-/m0/s1. The summed E-state index contributed by atoms with van der Waals surface area (Å²) in [5.74, 6) is 0. The zero-order valence-corrected chi connectivity index (χ0v) is 11.2. The van der Waals surface area contributed by atoms with Crippen LogP contribution in [0.25, 0.3) is 0 Å². The quantitative estimate of drug-likeness (QED) is 0.747. The molecule has 0 aliphatic heterocycles. The third-order valence-corrected chi connectivity index (χ3v) is 5.28. The predicted molar refractivity (Wildman–Crippen MR) is 70.8 cm³/mol. The van der Waals surface area contributed by atoms with Crippen molar-refractivity contribution in [3.05, 3.63) is 71.8 Å². The summed E-state index contributed by atoms with van der Waals surface area (Å²) in [7, 11) is 0. The SMILES string of the molecule is C[C@H]([Se]Cc1ccccc1)c1ccccc1. The molecule has 2 aromatic rings. The molecule has 0 saturated heterocycles. The topological polar surface area (TPSA) is 0 Å². The van der Waals surface area contributed by atoms with Gasteiger partial charge in [-0.1, -0.05) is 0 Å². The minimum absolute atomic E-state index is 0.642. The molecular formula is C15H16Se. The van der Waals surface area contributed by atoms with Crippen molar-refractivity contribution in [3.63, 3.8) is 0 Å². The molecule has 0 N–H and O–H groups in total. The van der Waals surface area contributed by atoms with Crippen LogP contribution in [0, 0.1) is 0 Å². The predicted octanol–water partition coefficient (Wildman–Crippen LogP) is 3.65. The van der Waals surface area contributed by atoms with E-state index in [-0.39, 0.29) is 0 Å². The fraction of sp³-hybridized carbons (Fsp3) is 0.200. The molecular weight excluding hydrogens is 259 g/mol. The van der Waals surface area contributed by atoms with Crippen LogP contribution in [0.3, 0.4) is 0 Å². The summed E-state index contributed by atoms with van der Waals surface area (Å²) < 4.78 is 0. The van der Waals surface area contributed by atoms with Crippen LogP contribution < -0.4 is 0 Å². The van der Waals surface area contributed by atoms with Crippen LogP contribution in [0.4, 0.5) is 0 Å². The first-order valence-electron chi connectivity index (χ1n) is 5.57. The number of rotatable bonds is 4. The van der Waals surface area contributed by atoms with E-state index in [0.29, 0.717) is 19.8 Å². The second-order valence-corrected chi connectivity index (χ2v) is 6.64. The van der Waals surface area contributed by atoms with Crippen LogP contribution in [-0.2, 0) is 5.32 Å². The van der Waals surface area contributed by atoms with Gasteiger partial charge in [0.2, 0.25) is 0 Å². The molecule has 2 aromatic carbocycles. The summed E-state index contributed by atoms with van der Waals surface area (Å²) in [5, 5.41) is 1.23. The Balaban J connectivity index is 1.92. The molecule has 0 fully saturated rings. The van der Waals surface area contributed by atoms with Crippen molar-refractivity contribution in [2.45, 2.75) is 17.1 Å². The van der Waals surface area contributed by atoms with E-state index in [9.17, 15) is 0 Å². The van der Waals surface area contributed by atoms with Crippen molar-refractivity contribution in [1.82, 2.24) is 0 Å². The van der Waals surface area contributed by atoms with E-state index in [0.717, 1.165) is 0 Å². The van der Waals surface area contributed by atoms with Crippen molar-refractivity contribution in [2.24, 2.45) is 0 Å². The number of benzene rings is 2. The van der Waals surface area contributed by atoms with Crippen LogP contribution in [-0.4, -0.2) is 15.0 Å². The van der Waals surface area contributed by atoms with Crippen molar-refractivity contribution in [3.8, 4) is 0 Å². The molecule has 2 rings (SSSR count). The average Bonchev–Trinajstić information content (AvgIpc) is 2.38. The second kappa shape index (κ2) is 5.88. The van der Waals surface area contributed by atoms with Gasteiger partial charge in [-0.3, -0.25) is 0 Å². The van der Waals surface area contributed by atoms with E-state index in [1.54, 1.807) is 0 Å². The Morgan fingerprint density at radius 2 is 1.44 bits per heavy atom. The van der Waals surface area contributed by atoms with Gasteiger partial charge >= 0.3 is 104 Å². The number of hydrogen-bond donors (Lipinski definition) is 0. The van der Waals surface area contributed by atoms with Gasteiger partial charge in [-0.2, -0.15) is 0 Å². The van der Waals surface area contributed by atoms with Crippen LogP contribution in [0.15, 0.2) is 60.7 Å². The van der Waals surface area contributed by atoms with Crippen molar-refractivity contribution in [1.29, 1.82) is 0 Å². The Labute approximate surface area is 104 Å². The maximum absolute atomic E-state index is 2.33. The van der Waals surface area contributed by atoms with Crippen LogP contribution >= 0.6 is 0 Å². The monoisotopic (exact) mass is 276 g/mol. The first-order valence-corrected chi connectivity index (χ1v) is 7.77. The van der Waals surface area contributed by atoms with Gasteiger partial charge < -0.3 is 0 Å². The normalized spacial score (nSPS) is 12.3. The Morgan fingerprint density at radius 3 is 2.06 bits per heavy atom. The molecule has 0 aliphatic carbocycles. The molecule has 0 aromatic heterocycles. The summed E-state index contributed by atoms with van der Waals surface area (Å²) in [6.07, 6.45) is 0. The summed E-state index contributed by atoms with van der Waals surface area (Å²) >= 11 is 0.642. The first kappa shape index (κ1) is 11.4. The minimum atomic E-state index is 0.642. The van der Waals surface area contributed by atoms with Crippen molar-refractivity contribution >= 4 is 15.0 Å². The third kappa shape index (κ3) is 3.23. The van der Waals surface area contributed by atoms with Gasteiger partial charge in [0.05, 0.1) is 0 Å². The molecule has 1 heteroatoms. The Hall–Kier alpha value is -1.04. The van der Waals surface area contributed by atoms with Gasteiger partial charge in [-0.25, -0.2) is 0 Å². The Bertz CT molecular complexity index is 408. The molecule has 16 heavy (non-hydrogen) atoms. The summed E-state index contributed by atoms with van der Waals surface area (Å²) in [4.78, 5) is 0.703. The van der Waals surface area contributed by atoms with E-state index in [1.807, 2.05) is 0 Å². The maximum atomic E-state index is 2.33. The molecule has 1 atom stereocenters. The third-order valence-electron chi connectivity index (χ3n) is 2.61. The molecule has 0 saturated carbocycles. The van der Waals surface area contributed by atoms with E-state index in [1.165, 1.54) is 16.4 Å². The molecule has 0 spiro atoms. The van der Waals surface area contributed by atoms with E-state index >= 15 is 0 Å². The molecule has 0 aliphatic rings. The molecule has 0 nitrogen and oxygen atoms in total. The molecule has 82 valence electrons. The first-order chi connectivity index (χ1) is 7.86. The Kier molecular flexibility index (Phi) is 4.21. The van der Waals surface area contributed by atoms with Gasteiger partial charge in [0.1, 0.15) is 0 Å². The van der Waals surface area contributed by atoms with Crippen LogP contribution in [0.2, 0.25) is 0 Å². The zero-order chi connectivity index (χ0) is 11.2.